The average Bonchev–Trinajstić information content (AvgIpc) is 3.22. The summed E-state index contributed by atoms with van der Waals surface area (Å²) in [5.41, 5.74) is 0.601. The fraction of sp³-hybridized carbons (Fsp3) is 0.577. The molecular formula is C26H35ClN6O6S. The van der Waals surface area contributed by atoms with E-state index in [0.717, 1.165) is 0 Å². The molecule has 0 N–H and O–H groups in total. The predicted molar refractivity (Wildman–Crippen MR) is 148 cm³/mol. The first-order valence-corrected chi connectivity index (χ1v) is 15.3. The van der Waals surface area contributed by atoms with Gasteiger partial charge in [0.2, 0.25) is 0 Å². The molecule has 0 fully saturated rings. The number of aromatic nitrogens is 6. The van der Waals surface area contributed by atoms with Crippen LogP contribution >= 0.6 is 11.6 Å². The quantitative estimate of drug-likeness (QED) is 0.300. The minimum Gasteiger partial charge on any atom is -0.485 e. The molecule has 0 saturated carbocycles. The molecule has 3 aromatic rings. The lowest BCUT2D eigenvalue weighted by molar-refractivity contribution is 0.00142. The second-order valence-electron chi connectivity index (χ2n) is 9.97. The summed E-state index contributed by atoms with van der Waals surface area (Å²) in [5, 5.41) is 8.07. The molecule has 4 heterocycles. The van der Waals surface area contributed by atoms with Gasteiger partial charge in [-0.15, -0.1) is 10.2 Å². The van der Waals surface area contributed by atoms with Crippen molar-refractivity contribution in [2.75, 3.05) is 19.8 Å². The van der Waals surface area contributed by atoms with Gasteiger partial charge in [0.05, 0.1) is 40.7 Å². The van der Waals surface area contributed by atoms with E-state index in [2.05, 4.69) is 25.1 Å². The van der Waals surface area contributed by atoms with E-state index in [9.17, 15) is 8.42 Å². The Morgan fingerprint density at radius 3 is 2.48 bits per heavy atom. The summed E-state index contributed by atoms with van der Waals surface area (Å²) in [6.45, 7) is 11.8. The molecule has 4 rings (SSSR count). The molecule has 40 heavy (non-hydrogen) atoms. The van der Waals surface area contributed by atoms with Crippen LogP contribution in [-0.4, -0.2) is 75.4 Å². The molecule has 0 aliphatic carbocycles. The van der Waals surface area contributed by atoms with Crippen LogP contribution in [0.1, 0.15) is 65.3 Å². The van der Waals surface area contributed by atoms with Crippen LogP contribution in [0.2, 0.25) is 5.02 Å². The number of fused-ring (bicyclic) bond motifs is 3. The van der Waals surface area contributed by atoms with Crippen LogP contribution in [0.25, 0.3) is 11.4 Å². The van der Waals surface area contributed by atoms with Gasteiger partial charge >= 0.3 is 0 Å². The van der Waals surface area contributed by atoms with Crippen molar-refractivity contribution in [1.29, 1.82) is 0 Å². The molecule has 1 aliphatic heterocycles. The van der Waals surface area contributed by atoms with Gasteiger partial charge in [0.15, 0.2) is 27.2 Å². The SMILES string of the molecule is CCOC[C@H]1COc2c(ccnc2OC(C)C)-c2nnc(CS(=O)(=O)[C@@H](C)[C@@H](OC(C)C)c3ncc(Cl)cn3)n21. The van der Waals surface area contributed by atoms with Gasteiger partial charge in [-0.3, -0.25) is 0 Å². The third-order valence-corrected chi connectivity index (χ3v) is 8.40. The van der Waals surface area contributed by atoms with Crippen LogP contribution in [0, 0.1) is 0 Å². The highest BCUT2D eigenvalue weighted by Gasteiger charge is 2.37. The molecule has 218 valence electrons. The Bertz CT molecular complexity index is 1400. The first kappa shape index (κ1) is 30.1. The van der Waals surface area contributed by atoms with Gasteiger partial charge < -0.3 is 23.5 Å². The van der Waals surface area contributed by atoms with E-state index in [1.54, 1.807) is 23.8 Å². The molecule has 0 amide bonds. The fourth-order valence-corrected chi connectivity index (χ4v) is 5.80. The summed E-state index contributed by atoms with van der Waals surface area (Å²) in [5.74, 6) is 1.30. The van der Waals surface area contributed by atoms with Crippen LogP contribution in [0.3, 0.4) is 0 Å². The molecule has 0 aromatic carbocycles. The summed E-state index contributed by atoms with van der Waals surface area (Å²) < 4.78 is 53.2. The Morgan fingerprint density at radius 1 is 1.10 bits per heavy atom. The lowest BCUT2D eigenvalue weighted by atomic mass is 10.2. The van der Waals surface area contributed by atoms with Gasteiger partial charge in [-0.25, -0.2) is 23.4 Å². The van der Waals surface area contributed by atoms with E-state index in [1.165, 1.54) is 12.4 Å². The maximum absolute atomic E-state index is 13.8. The number of hydrogen-bond acceptors (Lipinski definition) is 11. The van der Waals surface area contributed by atoms with Crippen LogP contribution in [0.5, 0.6) is 11.6 Å². The van der Waals surface area contributed by atoms with Crippen molar-refractivity contribution in [1.82, 2.24) is 29.7 Å². The molecule has 3 atom stereocenters. The summed E-state index contributed by atoms with van der Waals surface area (Å²) in [4.78, 5) is 12.8. The largest absolute Gasteiger partial charge is 0.485 e. The summed E-state index contributed by atoms with van der Waals surface area (Å²) in [7, 11) is -3.86. The Morgan fingerprint density at radius 2 is 1.82 bits per heavy atom. The van der Waals surface area contributed by atoms with Gasteiger partial charge in [0.25, 0.3) is 5.88 Å². The van der Waals surface area contributed by atoms with Crippen molar-refractivity contribution in [3.05, 3.63) is 41.3 Å². The van der Waals surface area contributed by atoms with E-state index < -0.39 is 33.0 Å². The Hall–Kier alpha value is -2.87. The standard InChI is InChI=1S/C26H35ClN6O6S/c1-7-36-12-19-13-37-23-20(8-9-28-26(23)39-16(4)5)25-32-31-21(33(19)25)14-40(34,35)17(6)22(38-15(2)3)24-29-10-18(27)11-30-24/h8-11,15-17,19,22H,7,12-14H2,1-6H3/t17-,19-,22+/m0/s1. The van der Waals surface area contributed by atoms with Gasteiger partial charge in [0, 0.05) is 25.2 Å². The van der Waals surface area contributed by atoms with E-state index in [1.807, 2.05) is 34.6 Å². The molecule has 0 unspecified atom stereocenters. The van der Waals surface area contributed by atoms with Gasteiger partial charge in [-0.1, -0.05) is 11.6 Å². The third kappa shape index (κ3) is 6.70. The molecule has 3 aromatic heterocycles. The van der Waals surface area contributed by atoms with Gasteiger partial charge in [-0.2, -0.15) is 0 Å². The number of rotatable bonds is 12. The van der Waals surface area contributed by atoms with E-state index >= 15 is 0 Å². The highest BCUT2D eigenvalue weighted by Crippen LogP contribution is 2.40. The Labute approximate surface area is 239 Å². The molecule has 0 bridgehead atoms. The highest BCUT2D eigenvalue weighted by molar-refractivity contribution is 7.91. The number of halogens is 1. The molecular weight excluding hydrogens is 560 g/mol. The number of hydrogen-bond donors (Lipinski definition) is 0. The Balaban J connectivity index is 1.73. The number of nitrogens with zero attached hydrogens (tertiary/aromatic N) is 6. The van der Waals surface area contributed by atoms with Crippen LogP contribution in [-0.2, 0) is 25.1 Å². The highest BCUT2D eigenvalue weighted by atomic mass is 35.5. The predicted octanol–water partition coefficient (Wildman–Crippen LogP) is 4.01. The second kappa shape index (κ2) is 12.8. The first-order chi connectivity index (χ1) is 19.0. The second-order valence-corrected chi connectivity index (χ2v) is 12.8. The Kier molecular flexibility index (Phi) is 9.60. The minimum absolute atomic E-state index is 0.129. The maximum atomic E-state index is 13.8. The lowest BCUT2D eigenvalue weighted by Gasteiger charge is -2.25. The lowest BCUT2D eigenvalue weighted by Crippen LogP contribution is -2.32. The number of pyridine rings is 1. The van der Waals surface area contributed by atoms with Crippen LogP contribution in [0.4, 0.5) is 0 Å². The van der Waals surface area contributed by atoms with Crippen molar-refractivity contribution in [2.45, 2.75) is 76.9 Å². The van der Waals surface area contributed by atoms with Crippen molar-refractivity contribution in [3.8, 4) is 23.0 Å². The smallest absolute Gasteiger partial charge is 0.258 e. The monoisotopic (exact) mass is 594 g/mol. The first-order valence-electron chi connectivity index (χ1n) is 13.2. The fourth-order valence-electron chi connectivity index (χ4n) is 4.32. The van der Waals surface area contributed by atoms with Crippen LogP contribution in [0.15, 0.2) is 24.7 Å². The van der Waals surface area contributed by atoms with Crippen LogP contribution < -0.4 is 9.47 Å². The van der Waals surface area contributed by atoms with Crippen molar-refractivity contribution < 1.29 is 27.4 Å². The summed E-state index contributed by atoms with van der Waals surface area (Å²) in [6.07, 6.45) is 3.11. The topological polar surface area (TPSA) is 140 Å². The van der Waals surface area contributed by atoms with Gasteiger partial charge in [-0.05, 0) is 47.6 Å². The molecule has 1 aliphatic rings. The summed E-state index contributed by atoms with van der Waals surface area (Å²) in [6, 6.07) is 1.35. The van der Waals surface area contributed by atoms with Gasteiger partial charge in [0.1, 0.15) is 24.3 Å². The van der Waals surface area contributed by atoms with E-state index in [4.69, 9.17) is 30.5 Å². The van der Waals surface area contributed by atoms with E-state index in [0.29, 0.717) is 34.6 Å². The summed E-state index contributed by atoms with van der Waals surface area (Å²) >= 11 is 5.95. The minimum atomic E-state index is -3.86. The third-order valence-electron chi connectivity index (χ3n) is 6.16. The molecule has 0 radical (unpaired) electrons. The molecule has 0 saturated heterocycles. The van der Waals surface area contributed by atoms with Crippen molar-refractivity contribution in [2.24, 2.45) is 0 Å². The zero-order valence-electron chi connectivity index (χ0n) is 23.4. The molecule has 0 spiro atoms. The van der Waals surface area contributed by atoms with Crippen molar-refractivity contribution >= 4 is 21.4 Å². The maximum Gasteiger partial charge on any atom is 0.258 e. The van der Waals surface area contributed by atoms with E-state index in [-0.39, 0.29) is 37.1 Å². The molecule has 14 heteroatoms. The number of ether oxygens (including phenoxy) is 4. The normalized spacial score (nSPS) is 16.7. The average molecular weight is 595 g/mol. The zero-order valence-corrected chi connectivity index (χ0v) is 25.0. The zero-order chi connectivity index (χ0) is 29.0. The van der Waals surface area contributed by atoms with Crippen molar-refractivity contribution in [3.63, 3.8) is 0 Å². The molecule has 12 nitrogen and oxygen atoms in total. The number of sulfone groups is 1.